The number of ether oxygens (including phenoxy) is 1. The van der Waals surface area contributed by atoms with E-state index < -0.39 is 17.4 Å². The molecule has 0 bridgehead atoms. The average Bonchev–Trinajstić information content (AvgIpc) is 2.59. The number of anilines is 1. The Labute approximate surface area is 138 Å². The van der Waals surface area contributed by atoms with Crippen molar-refractivity contribution >= 4 is 5.69 Å². The van der Waals surface area contributed by atoms with Crippen LogP contribution in [0.1, 0.15) is 5.56 Å². The van der Waals surface area contributed by atoms with Gasteiger partial charge >= 0.3 is 0 Å². The van der Waals surface area contributed by atoms with Crippen LogP contribution in [-0.2, 0) is 6.54 Å². The number of aromatic hydroxyl groups is 1. The molecule has 0 spiro atoms. The fourth-order valence-corrected chi connectivity index (χ4v) is 2.22. The molecule has 122 valence electrons. The van der Waals surface area contributed by atoms with Gasteiger partial charge in [-0.05, 0) is 29.8 Å². The normalized spacial score (nSPS) is 10.4. The van der Waals surface area contributed by atoms with Gasteiger partial charge < -0.3 is 15.2 Å². The molecular weight excluding hydrogens is 312 g/mol. The van der Waals surface area contributed by atoms with Gasteiger partial charge in [0.05, 0.1) is 0 Å². The minimum atomic E-state index is -1.00. The van der Waals surface area contributed by atoms with E-state index in [9.17, 15) is 8.78 Å². The summed E-state index contributed by atoms with van der Waals surface area (Å²) >= 11 is 0. The molecule has 5 heteroatoms. The van der Waals surface area contributed by atoms with Crippen LogP contribution in [0.25, 0.3) is 0 Å². The lowest BCUT2D eigenvalue weighted by Crippen LogP contribution is -2.01. The lowest BCUT2D eigenvalue weighted by atomic mass is 10.2. The van der Waals surface area contributed by atoms with E-state index in [4.69, 9.17) is 9.84 Å². The van der Waals surface area contributed by atoms with E-state index in [0.29, 0.717) is 12.3 Å². The molecule has 3 aromatic rings. The summed E-state index contributed by atoms with van der Waals surface area (Å²) in [7, 11) is 0. The summed E-state index contributed by atoms with van der Waals surface area (Å²) in [6, 6.07) is 18.9. The molecule has 0 heterocycles. The van der Waals surface area contributed by atoms with Crippen LogP contribution < -0.4 is 10.1 Å². The van der Waals surface area contributed by atoms with Crippen molar-refractivity contribution in [2.45, 2.75) is 6.54 Å². The van der Waals surface area contributed by atoms with Crippen molar-refractivity contribution in [3.63, 3.8) is 0 Å². The monoisotopic (exact) mass is 327 g/mol. The van der Waals surface area contributed by atoms with Crippen molar-refractivity contribution in [1.29, 1.82) is 0 Å². The Morgan fingerprint density at radius 3 is 2.21 bits per heavy atom. The highest BCUT2D eigenvalue weighted by Crippen LogP contribution is 2.25. The molecule has 0 atom stereocenters. The number of para-hydroxylation sites is 1. The van der Waals surface area contributed by atoms with Crippen molar-refractivity contribution < 1.29 is 18.6 Å². The van der Waals surface area contributed by atoms with E-state index in [1.165, 1.54) is 0 Å². The summed E-state index contributed by atoms with van der Waals surface area (Å²) in [6.07, 6.45) is 0. The minimum absolute atomic E-state index is 0.247. The summed E-state index contributed by atoms with van der Waals surface area (Å²) in [6.45, 7) is 0.357. The molecule has 0 fully saturated rings. The second-order valence-electron chi connectivity index (χ2n) is 5.20. The van der Waals surface area contributed by atoms with E-state index in [0.717, 1.165) is 23.4 Å². The van der Waals surface area contributed by atoms with Crippen molar-refractivity contribution in [2.24, 2.45) is 0 Å². The van der Waals surface area contributed by atoms with E-state index in [2.05, 4.69) is 5.32 Å². The molecule has 0 aliphatic rings. The number of benzene rings is 3. The van der Waals surface area contributed by atoms with E-state index in [1.54, 1.807) is 0 Å². The largest absolute Gasteiger partial charge is 0.503 e. The first-order valence-electron chi connectivity index (χ1n) is 7.35. The van der Waals surface area contributed by atoms with Crippen LogP contribution in [-0.4, -0.2) is 5.11 Å². The van der Waals surface area contributed by atoms with Crippen LogP contribution in [0.5, 0.6) is 17.2 Å². The number of phenolic OH excluding ortho intramolecular Hbond substituents is 1. The highest BCUT2D eigenvalue weighted by Gasteiger charge is 2.09. The van der Waals surface area contributed by atoms with Gasteiger partial charge in [0.25, 0.3) is 0 Å². The van der Waals surface area contributed by atoms with Crippen LogP contribution >= 0.6 is 0 Å². The Kier molecular flexibility index (Phi) is 4.61. The van der Waals surface area contributed by atoms with Crippen LogP contribution in [0.15, 0.2) is 66.7 Å². The molecule has 3 nitrogen and oxygen atoms in total. The summed E-state index contributed by atoms with van der Waals surface area (Å²) in [5.74, 6) is -1.58. The molecular formula is C19H15F2NO2. The molecule has 0 aromatic heterocycles. The maximum Gasteiger partial charge on any atom is 0.187 e. The van der Waals surface area contributed by atoms with Crippen LogP contribution in [0.3, 0.4) is 0 Å². The lowest BCUT2D eigenvalue weighted by molar-refractivity contribution is 0.396. The molecule has 3 aromatic carbocycles. The summed E-state index contributed by atoms with van der Waals surface area (Å²) < 4.78 is 32.4. The SMILES string of the molecule is Oc1c(F)cc(NCc2cccc(Oc3ccccc3)c2)cc1F. The van der Waals surface area contributed by atoms with Gasteiger partial charge in [-0.1, -0.05) is 30.3 Å². The molecule has 0 amide bonds. The molecule has 0 unspecified atom stereocenters. The number of hydrogen-bond acceptors (Lipinski definition) is 3. The molecule has 0 saturated carbocycles. The Morgan fingerprint density at radius 2 is 1.50 bits per heavy atom. The topological polar surface area (TPSA) is 41.5 Å². The third kappa shape index (κ3) is 3.81. The summed E-state index contributed by atoms with van der Waals surface area (Å²) in [5.41, 5.74) is 1.13. The maximum atomic E-state index is 13.3. The highest BCUT2D eigenvalue weighted by atomic mass is 19.1. The zero-order chi connectivity index (χ0) is 16.9. The fraction of sp³-hybridized carbons (Fsp3) is 0.0526. The van der Waals surface area contributed by atoms with Crippen molar-refractivity contribution in [1.82, 2.24) is 0 Å². The molecule has 0 radical (unpaired) electrons. The van der Waals surface area contributed by atoms with E-state index >= 15 is 0 Å². The van der Waals surface area contributed by atoms with Gasteiger partial charge in [0.1, 0.15) is 11.5 Å². The van der Waals surface area contributed by atoms with Crippen molar-refractivity contribution in [2.75, 3.05) is 5.32 Å². The first-order valence-corrected chi connectivity index (χ1v) is 7.35. The van der Waals surface area contributed by atoms with Gasteiger partial charge in [-0.15, -0.1) is 0 Å². The lowest BCUT2D eigenvalue weighted by Gasteiger charge is -2.10. The molecule has 0 saturated heterocycles. The molecule has 0 aliphatic heterocycles. The quantitative estimate of drug-likeness (QED) is 0.643. The second kappa shape index (κ2) is 7.00. The Balaban J connectivity index is 1.69. The standard InChI is InChI=1S/C19H15F2NO2/c20-17-10-14(11-18(21)19(17)23)22-12-13-5-4-8-16(9-13)24-15-6-2-1-3-7-15/h1-11,22-23H,12H2. The zero-order valence-electron chi connectivity index (χ0n) is 12.7. The van der Waals surface area contributed by atoms with E-state index in [-0.39, 0.29) is 5.69 Å². The second-order valence-corrected chi connectivity index (χ2v) is 5.20. The van der Waals surface area contributed by atoms with Gasteiger partial charge in [0.2, 0.25) is 0 Å². The van der Waals surface area contributed by atoms with Crippen LogP contribution in [0.2, 0.25) is 0 Å². The third-order valence-electron chi connectivity index (χ3n) is 3.39. The molecule has 24 heavy (non-hydrogen) atoms. The molecule has 3 rings (SSSR count). The predicted molar refractivity (Wildman–Crippen MR) is 88.3 cm³/mol. The fourth-order valence-electron chi connectivity index (χ4n) is 2.22. The first kappa shape index (κ1) is 15.8. The number of rotatable bonds is 5. The Bertz CT molecular complexity index is 815. The number of phenols is 1. The first-order chi connectivity index (χ1) is 11.6. The van der Waals surface area contributed by atoms with Crippen molar-refractivity contribution in [3.05, 3.63) is 83.9 Å². The zero-order valence-corrected chi connectivity index (χ0v) is 12.7. The number of hydrogen-bond donors (Lipinski definition) is 2. The minimum Gasteiger partial charge on any atom is -0.503 e. The smallest absolute Gasteiger partial charge is 0.187 e. The molecule has 0 aliphatic carbocycles. The van der Waals surface area contributed by atoms with Crippen LogP contribution in [0.4, 0.5) is 14.5 Å². The van der Waals surface area contributed by atoms with Crippen LogP contribution in [0, 0.1) is 11.6 Å². The van der Waals surface area contributed by atoms with Gasteiger partial charge in [-0.25, -0.2) is 8.78 Å². The highest BCUT2D eigenvalue weighted by molar-refractivity contribution is 5.48. The van der Waals surface area contributed by atoms with E-state index in [1.807, 2.05) is 54.6 Å². The van der Waals surface area contributed by atoms with Gasteiger partial charge in [0, 0.05) is 24.4 Å². The number of nitrogens with one attached hydrogen (secondary N) is 1. The maximum absolute atomic E-state index is 13.3. The van der Waals surface area contributed by atoms with Gasteiger partial charge in [-0.3, -0.25) is 0 Å². The Hall–Kier alpha value is -3.08. The van der Waals surface area contributed by atoms with Crippen molar-refractivity contribution in [3.8, 4) is 17.2 Å². The Morgan fingerprint density at radius 1 is 0.833 bits per heavy atom. The van der Waals surface area contributed by atoms with Gasteiger partial charge in [-0.2, -0.15) is 0 Å². The summed E-state index contributed by atoms with van der Waals surface area (Å²) in [5, 5.41) is 12.0. The third-order valence-corrected chi connectivity index (χ3v) is 3.39. The predicted octanol–water partition coefficient (Wildman–Crippen LogP) is 5.07. The van der Waals surface area contributed by atoms with Gasteiger partial charge in [0.15, 0.2) is 17.4 Å². The molecule has 2 N–H and O–H groups in total. The number of halogens is 2. The summed E-state index contributed by atoms with van der Waals surface area (Å²) in [4.78, 5) is 0. The average molecular weight is 327 g/mol.